The predicted octanol–water partition coefficient (Wildman–Crippen LogP) is 4.75. The van der Waals surface area contributed by atoms with Gasteiger partial charge in [0.15, 0.2) is 0 Å². The van der Waals surface area contributed by atoms with Gasteiger partial charge in [-0.05, 0) is 72.5 Å². The maximum atomic E-state index is 13.0. The van der Waals surface area contributed by atoms with Gasteiger partial charge in [0.05, 0.1) is 36.0 Å². The fourth-order valence-electron chi connectivity index (χ4n) is 5.26. The molecule has 7 heteroatoms. The summed E-state index contributed by atoms with van der Waals surface area (Å²) in [6.45, 7) is 6.21. The molecule has 0 N–H and O–H groups in total. The van der Waals surface area contributed by atoms with Crippen molar-refractivity contribution in [1.82, 2.24) is 9.80 Å². The summed E-state index contributed by atoms with van der Waals surface area (Å²) in [4.78, 5) is 19.7. The van der Waals surface area contributed by atoms with E-state index in [1.807, 2.05) is 29.2 Å². The van der Waals surface area contributed by atoms with Crippen LogP contribution in [-0.4, -0.2) is 61.5 Å². The zero-order valence-electron chi connectivity index (χ0n) is 22.1. The van der Waals surface area contributed by atoms with Crippen LogP contribution in [0.3, 0.4) is 0 Å². The van der Waals surface area contributed by atoms with Crippen LogP contribution in [0.5, 0.6) is 0 Å². The standard InChI is InChI=1S/C32H33N5O2/c33-21-25-6-8-27(9-7-25)24-39-31(29-4-3-5-30(20-29)36-14-1-2-15-36)23-35-16-18-37(19-17-35)32(38)28-12-10-26(22-34)11-13-28/h3-13,20,31H,1-2,14-19,23-24H2. The monoisotopic (exact) mass is 519 g/mol. The largest absolute Gasteiger partial charge is 0.372 e. The average molecular weight is 520 g/mol. The summed E-state index contributed by atoms with van der Waals surface area (Å²) in [5, 5.41) is 18.1. The molecule has 198 valence electrons. The van der Waals surface area contributed by atoms with E-state index >= 15 is 0 Å². The number of rotatable bonds is 8. The first-order valence-corrected chi connectivity index (χ1v) is 13.6. The van der Waals surface area contributed by atoms with E-state index in [9.17, 15) is 4.79 Å². The van der Waals surface area contributed by atoms with Gasteiger partial charge < -0.3 is 14.5 Å². The molecule has 5 rings (SSSR count). The minimum absolute atomic E-state index is 0.00562. The van der Waals surface area contributed by atoms with E-state index in [0.29, 0.717) is 36.4 Å². The summed E-state index contributed by atoms with van der Waals surface area (Å²) >= 11 is 0. The number of ether oxygens (including phenoxy) is 1. The number of piperazine rings is 1. The Labute approximate surface area is 230 Å². The Hall–Kier alpha value is -4.17. The minimum Gasteiger partial charge on any atom is -0.372 e. The highest BCUT2D eigenvalue weighted by Gasteiger charge is 2.25. The summed E-state index contributed by atoms with van der Waals surface area (Å²) in [5.41, 5.74) is 5.25. The second-order valence-electron chi connectivity index (χ2n) is 10.2. The van der Waals surface area contributed by atoms with Crippen molar-refractivity contribution >= 4 is 11.6 Å². The summed E-state index contributed by atoms with van der Waals surface area (Å²) in [6.07, 6.45) is 2.34. The van der Waals surface area contributed by atoms with Gasteiger partial charge in [-0.25, -0.2) is 0 Å². The lowest BCUT2D eigenvalue weighted by molar-refractivity contribution is 0.00344. The van der Waals surface area contributed by atoms with Crippen LogP contribution < -0.4 is 4.90 Å². The number of nitriles is 2. The van der Waals surface area contributed by atoms with Crippen molar-refractivity contribution in [2.45, 2.75) is 25.6 Å². The third-order valence-corrected chi connectivity index (χ3v) is 7.59. The highest BCUT2D eigenvalue weighted by molar-refractivity contribution is 5.94. The first kappa shape index (κ1) is 26.4. The molecule has 0 aliphatic carbocycles. The van der Waals surface area contributed by atoms with Crippen molar-refractivity contribution in [1.29, 1.82) is 10.5 Å². The van der Waals surface area contributed by atoms with E-state index in [1.54, 1.807) is 24.3 Å². The fraction of sp³-hybridized carbons (Fsp3) is 0.344. The normalized spacial score (nSPS) is 16.5. The first-order valence-electron chi connectivity index (χ1n) is 13.6. The van der Waals surface area contributed by atoms with Gasteiger partial charge in [-0.1, -0.05) is 24.3 Å². The molecule has 1 amide bonds. The number of hydrogen-bond acceptors (Lipinski definition) is 6. The van der Waals surface area contributed by atoms with E-state index in [4.69, 9.17) is 15.3 Å². The van der Waals surface area contributed by atoms with E-state index in [1.165, 1.54) is 18.5 Å². The van der Waals surface area contributed by atoms with Gasteiger partial charge in [0.1, 0.15) is 0 Å². The maximum Gasteiger partial charge on any atom is 0.253 e. The Morgan fingerprint density at radius 2 is 1.46 bits per heavy atom. The smallest absolute Gasteiger partial charge is 0.253 e. The molecule has 2 saturated heterocycles. The van der Waals surface area contributed by atoms with E-state index in [-0.39, 0.29) is 12.0 Å². The predicted molar refractivity (Wildman–Crippen MR) is 150 cm³/mol. The molecule has 0 radical (unpaired) electrons. The van der Waals surface area contributed by atoms with Gasteiger partial charge in [0.25, 0.3) is 5.91 Å². The number of nitrogens with zero attached hydrogens (tertiary/aromatic N) is 5. The maximum absolute atomic E-state index is 13.0. The molecule has 1 atom stereocenters. The number of anilines is 1. The minimum atomic E-state index is -0.121. The Morgan fingerprint density at radius 1 is 0.821 bits per heavy atom. The molecule has 0 bridgehead atoms. The van der Waals surface area contributed by atoms with E-state index in [2.05, 4.69) is 46.2 Å². The Morgan fingerprint density at radius 3 is 2.10 bits per heavy atom. The summed E-state index contributed by atoms with van der Waals surface area (Å²) < 4.78 is 6.52. The van der Waals surface area contributed by atoms with Crippen LogP contribution in [0, 0.1) is 22.7 Å². The van der Waals surface area contributed by atoms with Crippen molar-refractivity contribution < 1.29 is 9.53 Å². The number of carbonyl (C=O) groups excluding carboxylic acids is 1. The molecule has 7 nitrogen and oxygen atoms in total. The number of carbonyl (C=O) groups is 1. The zero-order chi connectivity index (χ0) is 27.0. The van der Waals surface area contributed by atoms with E-state index < -0.39 is 0 Å². The lowest BCUT2D eigenvalue weighted by Gasteiger charge is -2.36. The number of amides is 1. The van der Waals surface area contributed by atoms with Crippen LogP contribution in [-0.2, 0) is 11.3 Å². The first-order chi connectivity index (χ1) is 19.1. The molecule has 3 aromatic rings. The van der Waals surface area contributed by atoms with Gasteiger partial charge in [0, 0.05) is 57.1 Å². The number of benzene rings is 3. The molecule has 39 heavy (non-hydrogen) atoms. The van der Waals surface area contributed by atoms with Crippen LogP contribution in [0.2, 0.25) is 0 Å². The highest BCUT2D eigenvalue weighted by Crippen LogP contribution is 2.28. The van der Waals surface area contributed by atoms with Crippen LogP contribution in [0.25, 0.3) is 0 Å². The Kier molecular flexibility index (Phi) is 8.53. The molecule has 2 fully saturated rings. The van der Waals surface area contributed by atoms with Crippen LogP contribution in [0.1, 0.15) is 51.6 Å². The lowest BCUT2D eigenvalue weighted by Crippen LogP contribution is -2.49. The molecule has 0 spiro atoms. The van der Waals surface area contributed by atoms with Gasteiger partial charge >= 0.3 is 0 Å². The van der Waals surface area contributed by atoms with Crippen LogP contribution >= 0.6 is 0 Å². The molecule has 2 aliphatic rings. The molecule has 2 aliphatic heterocycles. The second kappa shape index (κ2) is 12.6. The van der Waals surface area contributed by atoms with Gasteiger partial charge in [-0.2, -0.15) is 10.5 Å². The SMILES string of the molecule is N#Cc1ccc(COC(CN2CCN(C(=O)c3ccc(C#N)cc3)CC2)c2cccc(N3CCCC3)c2)cc1. The van der Waals surface area contributed by atoms with E-state index in [0.717, 1.165) is 43.9 Å². The molecule has 0 saturated carbocycles. The van der Waals surface area contributed by atoms with Gasteiger partial charge in [-0.15, -0.1) is 0 Å². The summed E-state index contributed by atoms with van der Waals surface area (Å²) in [5.74, 6) is 0.00562. The lowest BCUT2D eigenvalue weighted by atomic mass is 10.1. The van der Waals surface area contributed by atoms with Crippen LogP contribution in [0.4, 0.5) is 5.69 Å². The van der Waals surface area contributed by atoms with Crippen molar-refractivity contribution in [2.24, 2.45) is 0 Å². The van der Waals surface area contributed by atoms with Crippen molar-refractivity contribution in [3.8, 4) is 12.1 Å². The molecular weight excluding hydrogens is 486 g/mol. The highest BCUT2D eigenvalue weighted by atomic mass is 16.5. The topological polar surface area (TPSA) is 83.6 Å². The molecule has 2 heterocycles. The molecule has 3 aromatic carbocycles. The average Bonchev–Trinajstić information content (AvgIpc) is 3.55. The Bertz CT molecular complexity index is 1340. The zero-order valence-corrected chi connectivity index (χ0v) is 22.1. The quantitative estimate of drug-likeness (QED) is 0.427. The third kappa shape index (κ3) is 6.64. The van der Waals surface area contributed by atoms with Crippen molar-refractivity contribution in [2.75, 3.05) is 50.7 Å². The molecule has 1 unspecified atom stereocenters. The Balaban J connectivity index is 1.25. The van der Waals surface area contributed by atoms with Crippen LogP contribution in [0.15, 0.2) is 72.8 Å². The summed E-state index contributed by atoms with van der Waals surface area (Å²) in [6, 6.07) is 27.4. The molecular formula is C32H33N5O2. The van der Waals surface area contributed by atoms with Gasteiger partial charge in [0.2, 0.25) is 0 Å². The third-order valence-electron chi connectivity index (χ3n) is 7.59. The van der Waals surface area contributed by atoms with Crippen molar-refractivity contribution in [3.63, 3.8) is 0 Å². The van der Waals surface area contributed by atoms with Crippen molar-refractivity contribution in [3.05, 3.63) is 101 Å². The number of hydrogen-bond donors (Lipinski definition) is 0. The molecule has 0 aromatic heterocycles. The fourth-order valence-corrected chi connectivity index (χ4v) is 5.26. The second-order valence-corrected chi connectivity index (χ2v) is 10.2. The summed E-state index contributed by atoms with van der Waals surface area (Å²) in [7, 11) is 0. The van der Waals surface area contributed by atoms with Gasteiger partial charge in [-0.3, -0.25) is 9.69 Å².